The Labute approximate surface area is 190 Å². The second-order valence-corrected chi connectivity index (χ2v) is 7.74. The van der Waals surface area contributed by atoms with Gasteiger partial charge in [-0.15, -0.1) is 10.2 Å². The quantitative estimate of drug-likeness (QED) is 0.367. The van der Waals surface area contributed by atoms with Crippen LogP contribution in [0.3, 0.4) is 0 Å². The standard InChI is InChI=1S/C22H26FN5O3S/c1-4-27(13-15-6-11-19(30-3)18(23)12-15)20(29)14-32-22-26-25-21(28(22)24)16-7-9-17(10-8-16)31-5-2/h6-12H,4-5,13-14,24H2,1-3H3. The summed E-state index contributed by atoms with van der Waals surface area (Å²) in [7, 11) is 1.41. The lowest BCUT2D eigenvalue weighted by molar-refractivity contribution is -0.128. The van der Waals surface area contributed by atoms with Crippen LogP contribution < -0.4 is 15.3 Å². The fraction of sp³-hybridized carbons (Fsp3) is 0.318. The summed E-state index contributed by atoms with van der Waals surface area (Å²) in [6.07, 6.45) is 0. The van der Waals surface area contributed by atoms with Crippen molar-refractivity contribution in [2.45, 2.75) is 25.5 Å². The number of amides is 1. The first-order chi connectivity index (χ1) is 15.5. The number of hydrogen-bond acceptors (Lipinski definition) is 7. The highest BCUT2D eigenvalue weighted by Crippen LogP contribution is 2.24. The normalized spacial score (nSPS) is 10.8. The number of aromatic nitrogens is 3. The summed E-state index contributed by atoms with van der Waals surface area (Å²) in [5, 5.41) is 8.68. The predicted molar refractivity (Wildman–Crippen MR) is 122 cm³/mol. The smallest absolute Gasteiger partial charge is 0.233 e. The van der Waals surface area contributed by atoms with Crippen LogP contribution in [0.1, 0.15) is 19.4 Å². The molecule has 3 rings (SSSR count). The van der Waals surface area contributed by atoms with Gasteiger partial charge in [-0.05, 0) is 55.8 Å². The van der Waals surface area contributed by atoms with Gasteiger partial charge in [0.05, 0.1) is 19.5 Å². The molecule has 0 saturated carbocycles. The highest BCUT2D eigenvalue weighted by molar-refractivity contribution is 7.99. The Morgan fingerprint density at radius 3 is 2.56 bits per heavy atom. The van der Waals surface area contributed by atoms with Crippen molar-refractivity contribution in [3.63, 3.8) is 0 Å². The highest BCUT2D eigenvalue weighted by atomic mass is 32.2. The van der Waals surface area contributed by atoms with Crippen molar-refractivity contribution in [2.75, 3.05) is 31.9 Å². The number of nitrogens with zero attached hydrogens (tertiary/aromatic N) is 4. The monoisotopic (exact) mass is 459 g/mol. The Morgan fingerprint density at radius 1 is 1.19 bits per heavy atom. The summed E-state index contributed by atoms with van der Waals surface area (Å²) in [4.78, 5) is 14.4. The molecule has 1 amide bonds. The minimum Gasteiger partial charge on any atom is -0.494 e. The molecule has 0 radical (unpaired) electrons. The van der Waals surface area contributed by atoms with Gasteiger partial charge >= 0.3 is 0 Å². The summed E-state index contributed by atoms with van der Waals surface area (Å²) in [5.74, 6) is 7.14. The minimum absolute atomic E-state index is 0.112. The zero-order chi connectivity index (χ0) is 23.1. The molecule has 0 fully saturated rings. The number of methoxy groups -OCH3 is 1. The molecule has 0 unspecified atom stereocenters. The molecule has 1 heterocycles. The second-order valence-electron chi connectivity index (χ2n) is 6.80. The number of carbonyl (C=O) groups excluding carboxylic acids is 1. The van der Waals surface area contributed by atoms with Crippen LogP contribution in [-0.2, 0) is 11.3 Å². The molecule has 8 nitrogen and oxygen atoms in total. The SMILES string of the molecule is CCOc1ccc(-c2nnc(SCC(=O)N(CC)Cc3ccc(OC)c(F)c3)n2N)cc1. The van der Waals surface area contributed by atoms with Gasteiger partial charge in [-0.1, -0.05) is 17.8 Å². The molecule has 2 N–H and O–H groups in total. The van der Waals surface area contributed by atoms with E-state index in [9.17, 15) is 9.18 Å². The minimum atomic E-state index is -0.457. The van der Waals surface area contributed by atoms with E-state index < -0.39 is 5.82 Å². The molecule has 0 atom stereocenters. The number of ether oxygens (including phenoxy) is 2. The van der Waals surface area contributed by atoms with E-state index in [1.165, 1.54) is 29.6 Å². The van der Waals surface area contributed by atoms with Crippen molar-refractivity contribution >= 4 is 17.7 Å². The van der Waals surface area contributed by atoms with E-state index in [-0.39, 0.29) is 17.4 Å². The molecule has 0 aliphatic rings. The summed E-state index contributed by atoms with van der Waals surface area (Å²) < 4.78 is 25.7. The molecule has 0 saturated heterocycles. The maximum Gasteiger partial charge on any atom is 0.233 e. The predicted octanol–water partition coefficient (Wildman–Crippen LogP) is 3.35. The van der Waals surface area contributed by atoms with Gasteiger partial charge in [0.15, 0.2) is 17.4 Å². The second kappa shape index (κ2) is 10.9. The van der Waals surface area contributed by atoms with Crippen LogP contribution in [0, 0.1) is 5.82 Å². The van der Waals surface area contributed by atoms with E-state index in [0.717, 1.165) is 11.3 Å². The third-order valence-corrected chi connectivity index (χ3v) is 5.66. The van der Waals surface area contributed by atoms with Crippen molar-refractivity contribution in [3.8, 4) is 22.9 Å². The molecule has 0 spiro atoms. The van der Waals surface area contributed by atoms with Gasteiger partial charge in [-0.25, -0.2) is 9.07 Å². The molecule has 10 heteroatoms. The van der Waals surface area contributed by atoms with Crippen LogP contribution in [-0.4, -0.2) is 51.7 Å². The zero-order valence-electron chi connectivity index (χ0n) is 18.2. The van der Waals surface area contributed by atoms with E-state index in [2.05, 4.69) is 10.2 Å². The Hall–Kier alpha value is -3.27. The number of halogens is 1. The number of benzene rings is 2. The maximum atomic E-state index is 14.0. The van der Waals surface area contributed by atoms with Crippen LogP contribution in [0.5, 0.6) is 11.5 Å². The van der Waals surface area contributed by atoms with Gasteiger partial charge in [0, 0.05) is 18.7 Å². The first kappa shape index (κ1) is 23.4. The van der Waals surface area contributed by atoms with Crippen LogP contribution >= 0.6 is 11.8 Å². The van der Waals surface area contributed by atoms with Gasteiger partial charge in [0.1, 0.15) is 5.75 Å². The molecule has 2 aromatic carbocycles. The highest BCUT2D eigenvalue weighted by Gasteiger charge is 2.17. The number of rotatable bonds is 10. The van der Waals surface area contributed by atoms with Crippen molar-refractivity contribution in [2.24, 2.45) is 0 Å². The first-order valence-corrected chi connectivity index (χ1v) is 11.1. The average Bonchev–Trinajstić information content (AvgIpc) is 3.17. The Bertz CT molecular complexity index is 1060. The fourth-order valence-electron chi connectivity index (χ4n) is 3.06. The van der Waals surface area contributed by atoms with Gasteiger partial charge in [-0.2, -0.15) is 0 Å². The molecule has 0 aliphatic carbocycles. The summed E-state index contributed by atoms with van der Waals surface area (Å²) in [5.41, 5.74) is 1.47. The van der Waals surface area contributed by atoms with Crippen LogP contribution in [0.25, 0.3) is 11.4 Å². The molecule has 32 heavy (non-hydrogen) atoms. The number of hydrogen-bond donors (Lipinski definition) is 1. The van der Waals surface area contributed by atoms with Crippen LogP contribution in [0.2, 0.25) is 0 Å². The topological polar surface area (TPSA) is 95.5 Å². The number of nitrogen functional groups attached to an aromatic ring is 1. The Kier molecular flexibility index (Phi) is 7.93. The Balaban J connectivity index is 1.63. The maximum absolute atomic E-state index is 14.0. The van der Waals surface area contributed by atoms with E-state index in [4.69, 9.17) is 15.3 Å². The van der Waals surface area contributed by atoms with Crippen molar-refractivity contribution in [3.05, 3.63) is 53.8 Å². The fourth-order valence-corrected chi connectivity index (χ4v) is 3.82. The molecule has 170 valence electrons. The molecule has 3 aromatic rings. The molecular formula is C22H26FN5O3S. The van der Waals surface area contributed by atoms with Crippen molar-refractivity contribution in [1.82, 2.24) is 19.8 Å². The number of carbonyl (C=O) groups is 1. The largest absolute Gasteiger partial charge is 0.494 e. The van der Waals surface area contributed by atoms with Gasteiger partial charge < -0.3 is 20.2 Å². The molecule has 1 aromatic heterocycles. The lowest BCUT2D eigenvalue weighted by atomic mass is 10.2. The lowest BCUT2D eigenvalue weighted by Crippen LogP contribution is -2.32. The summed E-state index contributed by atoms with van der Waals surface area (Å²) in [6, 6.07) is 12.1. The number of nitrogens with two attached hydrogens (primary N) is 1. The van der Waals surface area contributed by atoms with Crippen LogP contribution in [0.4, 0.5) is 4.39 Å². The lowest BCUT2D eigenvalue weighted by Gasteiger charge is -2.21. The molecular weight excluding hydrogens is 433 g/mol. The zero-order valence-corrected chi connectivity index (χ0v) is 19.1. The first-order valence-electron chi connectivity index (χ1n) is 10.1. The molecule has 0 aliphatic heterocycles. The summed E-state index contributed by atoms with van der Waals surface area (Å²) in [6.45, 7) is 5.16. The van der Waals surface area contributed by atoms with E-state index in [1.54, 1.807) is 17.0 Å². The van der Waals surface area contributed by atoms with Crippen LogP contribution in [0.15, 0.2) is 47.6 Å². The molecule has 0 bridgehead atoms. The van der Waals surface area contributed by atoms with Crippen molar-refractivity contribution < 1.29 is 18.7 Å². The van der Waals surface area contributed by atoms with E-state index in [1.807, 2.05) is 38.1 Å². The average molecular weight is 460 g/mol. The number of thioether (sulfide) groups is 1. The van der Waals surface area contributed by atoms with Crippen molar-refractivity contribution in [1.29, 1.82) is 0 Å². The van der Waals surface area contributed by atoms with E-state index >= 15 is 0 Å². The summed E-state index contributed by atoms with van der Waals surface area (Å²) >= 11 is 1.20. The van der Waals surface area contributed by atoms with Gasteiger partial charge in [0.25, 0.3) is 0 Å². The third kappa shape index (κ3) is 5.50. The Morgan fingerprint density at radius 2 is 1.94 bits per heavy atom. The van der Waals surface area contributed by atoms with E-state index in [0.29, 0.717) is 36.2 Å². The van der Waals surface area contributed by atoms with Gasteiger partial charge in [-0.3, -0.25) is 4.79 Å². The third-order valence-electron chi connectivity index (χ3n) is 4.74. The van der Waals surface area contributed by atoms with Gasteiger partial charge in [0.2, 0.25) is 11.1 Å².